The van der Waals surface area contributed by atoms with Crippen LogP contribution < -0.4 is 5.32 Å². The number of halogens is 1. The molecule has 0 fully saturated rings. The Bertz CT molecular complexity index is 1070. The van der Waals surface area contributed by atoms with Crippen LogP contribution in [0.4, 0.5) is 5.69 Å². The van der Waals surface area contributed by atoms with E-state index in [1.165, 1.54) is 0 Å². The third-order valence-electron chi connectivity index (χ3n) is 3.97. The summed E-state index contributed by atoms with van der Waals surface area (Å²) in [7, 11) is 0. The molecule has 0 saturated carbocycles. The lowest BCUT2D eigenvalue weighted by Crippen LogP contribution is -2.12. The molecule has 0 aliphatic heterocycles. The molecule has 0 aliphatic rings. The molecule has 1 heterocycles. The van der Waals surface area contributed by atoms with Gasteiger partial charge < -0.3 is 15.4 Å². The van der Waals surface area contributed by atoms with Crippen LogP contribution in [0.5, 0.6) is 5.75 Å². The first-order chi connectivity index (χ1) is 11.6. The highest BCUT2D eigenvalue weighted by Crippen LogP contribution is 2.31. The largest absolute Gasteiger partial charge is 0.507 e. The van der Waals surface area contributed by atoms with Crippen molar-refractivity contribution in [3.63, 3.8) is 0 Å². The van der Waals surface area contributed by atoms with E-state index in [9.17, 15) is 9.90 Å². The molecule has 3 N–H and O–H groups in total. The van der Waals surface area contributed by atoms with Crippen LogP contribution in [0.15, 0.2) is 60.7 Å². The number of aromatic hydroxyl groups is 1. The molecule has 4 aromatic rings. The average molecular weight is 337 g/mol. The van der Waals surface area contributed by atoms with E-state index in [-0.39, 0.29) is 17.2 Å². The molecule has 4 nitrogen and oxygen atoms in total. The molecule has 5 heteroatoms. The van der Waals surface area contributed by atoms with Crippen LogP contribution in [-0.2, 0) is 0 Å². The summed E-state index contributed by atoms with van der Waals surface area (Å²) >= 11 is 5.84. The van der Waals surface area contributed by atoms with E-state index in [0.29, 0.717) is 10.7 Å². The summed E-state index contributed by atoms with van der Waals surface area (Å²) < 4.78 is 0. The maximum Gasteiger partial charge on any atom is 0.259 e. The maximum atomic E-state index is 12.5. The standard InChI is InChI=1S/C19H13ClN2O2/c20-11-5-7-12(8-6-11)21-19(24)15-9-17-14(10-18(15)23)13-3-1-2-4-16(13)22-17/h1-10,22-23H,(H,21,24). The molecule has 3 aromatic carbocycles. The van der Waals surface area contributed by atoms with Gasteiger partial charge in [-0.3, -0.25) is 4.79 Å². The first kappa shape index (κ1) is 14.6. The van der Waals surface area contributed by atoms with E-state index >= 15 is 0 Å². The average Bonchev–Trinajstić information content (AvgIpc) is 2.94. The lowest BCUT2D eigenvalue weighted by atomic mass is 10.1. The lowest BCUT2D eigenvalue weighted by Gasteiger charge is -2.07. The zero-order chi connectivity index (χ0) is 16.7. The smallest absolute Gasteiger partial charge is 0.259 e. The molecule has 0 spiro atoms. The molecule has 118 valence electrons. The van der Waals surface area contributed by atoms with E-state index in [1.807, 2.05) is 24.3 Å². The van der Waals surface area contributed by atoms with Crippen molar-refractivity contribution in [3.8, 4) is 5.75 Å². The van der Waals surface area contributed by atoms with E-state index in [1.54, 1.807) is 36.4 Å². The van der Waals surface area contributed by atoms with Crippen LogP contribution in [0.3, 0.4) is 0 Å². The van der Waals surface area contributed by atoms with Gasteiger partial charge in [0.25, 0.3) is 5.91 Å². The minimum atomic E-state index is -0.379. The number of phenolic OH excluding ortho intramolecular Hbond substituents is 1. The lowest BCUT2D eigenvalue weighted by molar-refractivity contribution is 0.102. The summed E-state index contributed by atoms with van der Waals surface area (Å²) in [6.45, 7) is 0. The van der Waals surface area contributed by atoms with E-state index in [0.717, 1.165) is 21.8 Å². The number of benzene rings is 3. The van der Waals surface area contributed by atoms with Crippen LogP contribution >= 0.6 is 11.6 Å². The first-order valence-electron chi connectivity index (χ1n) is 7.42. The van der Waals surface area contributed by atoms with Gasteiger partial charge in [0.05, 0.1) is 5.56 Å². The second-order valence-electron chi connectivity index (χ2n) is 5.55. The van der Waals surface area contributed by atoms with E-state index in [2.05, 4.69) is 10.3 Å². The molecule has 0 radical (unpaired) electrons. The molecule has 0 aliphatic carbocycles. The van der Waals surface area contributed by atoms with Crippen LogP contribution in [0.1, 0.15) is 10.4 Å². The summed E-state index contributed by atoms with van der Waals surface area (Å²) in [5.41, 5.74) is 2.59. The zero-order valence-electron chi connectivity index (χ0n) is 12.5. The van der Waals surface area contributed by atoms with Gasteiger partial charge in [0.15, 0.2) is 0 Å². The Hall–Kier alpha value is -2.98. The fourth-order valence-corrected chi connectivity index (χ4v) is 2.93. The van der Waals surface area contributed by atoms with Crippen molar-refractivity contribution in [3.05, 3.63) is 71.2 Å². The number of nitrogens with one attached hydrogen (secondary N) is 2. The Labute approximate surface area is 142 Å². The fourth-order valence-electron chi connectivity index (χ4n) is 2.80. The van der Waals surface area contributed by atoms with Gasteiger partial charge in [0.1, 0.15) is 5.75 Å². The van der Waals surface area contributed by atoms with Crippen LogP contribution in [0, 0.1) is 0 Å². The first-order valence-corrected chi connectivity index (χ1v) is 7.80. The molecule has 0 bridgehead atoms. The Morgan fingerprint density at radius 3 is 2.50 bits per heavy atom. The number of carbonyl (C=O) groups excluding carboxylic acids is 1. The third-order valence-corrected chi connectivity index (χ3v) is 4.22. The number of carbonyl (C=O) groups is 1. The van der Waals surface area contributed by atoms with Gasteiger partial charge in [-0.2, -0.15) is 0 Å². The van der Waals surface area contributed by atoms with Gasteiger partial charge in [-0.25, -0.2) is 0 Å². The molecule has 1 amide bonds. The Balaban J connectivity index is 1.75. The van der Waals surface area contributed by atoms with Crippen molar-refractivity contribution in [1.29, 1.82) is 0 Å². The summed E-state index contributed by atoms with van der Waals surface area (Å²) in [5, 5.41) is 15.5. The monoisotopic (exact) mass is 336 g/mol. The number of anilines is 1. The fraction of sp³-hybridized carbons (Fsp3) is 0. The second kappa shape index (κ2) is 5.58. The van der Waals surface area contributed by atoms with Crippen LogP contribution in [-0.4, -0.2) is 16.0 Å². The SMILES string of the molecule is O=C(Nc1ccc(Cl)cc1)c1cc2[nH]c3ccccc3c2cc1O. The number of hydrogen-bond acceptors (Lipinski definition) is 2. The number of aromatic nitrogens is 1. The van der Waals surface area contributed by atoms with Crippen molar-refractivity contribution in [2.45, 2.75) is 0 Å². The number of amides is 1. The maximum absolute atomic E-state index is 12.5. The molecule has 0 saturated heterocycles. The number of hydrogen-bond donors (Lipinski definition) is 3. The molecule has 1 aromatic heterocycles. The van der Waals surface area contributed by atoms with Crippen LogP contribution in [0.25, 0.3) is 21.8 Å². The van der Waals surface area contributed by atoms with Gasteiger partial charge in [-0.15, -0.1) is 0 Å². The Morgan fingerprint density at radius 2 is 1.71 bits per heavy atom. The summed E-state index contributed by atoms with van der Waals surface area (Å²) in [6, 6.07) is 17.9. The molecular weight excluding hydrogens is 324 g/mol. The van der Waals surface area contributed by atoms with Crippen molar-refractivity contribution in [1.82, 2.24) is 4.98 Å². The van der Waals surface area contributed by atoms with Crippen molar-refractivity contribution in [2.75, 3.05) is 5.32 Å². The highest BCUT2D eigenvalue weighted by atomic mass is 35.5. The molecule has 0 unspecified atom stereocenters. The highest BCUT2D eigenvalue weighted by molar-refractivity contribution is 6.30. The predicted octanol–water partition coefficient (Wildman–Crippen LogP) is 4.93. The Kier molecular flexibility index (Phi) is 3.40. The van der Waals surface area contributed by atoms with Gasteiger partial charge in [0.2, 0.25) is 0 Å². The van der Waals surface area contributed by atoms with Gasteiger partial charge in [0, 0.05) is 32.5 Å². The number of phenols is 1. The summed E-state index contributed by atoms with van der Waals surface area (Å²) in [5.74, 6) is -0.436. The van der Waals surface area contributed by atoms with Gasteiger partial charge in [-0.1, -0.05) is 29.8 Å². The molecular formula is C19H13ClN2O2. The number of para-hydroxylation sites is 1. The van der Waals surface area contributed by atoms with Crippen LogP contribution in [0.2, 0.25) is 5.02 Å². The third kappa shape index (κ3) is 2.47. The minimum absolute atomic E-state index is 0.0567. The second-order valence-corrected chi connectivity index (χ2v) is 5.98. The number of H-pyrrole nitrogens is 1. The minimum Gasteiger partial charge on any atom is -0.507 e. The van der Waals surface area contributed by atoms with E-state index < -0.39 is 0 Å². The van der Waals surface area contributed by atoms with Gasteiger partial charge >= 0.3 is 0 Å². The quantitative estimate of drug-likeness (QED) is 0.486. The number of rotatable bonds is 2. The molecule has 24 heavy (non-hydrogen) atoms. The van der Waals surface area contributed by atoms with Gasteiger partial charge in [-0.05, 0) is 42.5 Å². The molecule has 4 rings (SSSR count). The zero-order valence-corrected chi connectivity index (χ0v) is 13.3. The number of aromatic amines is 1. The Morgan fingerprint density at radius 1 is 0.958 bits per heavy atom. The topological polar surface area (TPSA) is 65.1 Å². The van der Waals surface area contributed by atoms with Crippen molar-refractivity contribution >= 4 is 45.0 Å². The van der Waals surface area contributed by atoms with Crippen molar-refractivity contribution in [2.24, 2.45) is 0 Å². The van der Waals surface area contributed by atoms with E-state index in [4.69, 9.17) is 11.6 Å². The predicted molar refractivity (Wildman–Crippen MR) is 96.9 cm³/mol. The molecule has 0 atom stereocenters. The highest BCUT2D eigenvalue weighted by Gasteiger charge is 2.15. The normalized spacial score (nSPS) is 11.0. The number of fused-ring (bicyclic) bond motifs is 3. The summed E-state index contributed by atoms with van der Waals surface area (Å²) in [6.07, 6.45) is 0. The van der Waals surface area contributed by atoms with Crippen molar-refractivity contribution < 1.29 is 9.90 Å². The summed E-state index contributed by atoms with van der Waals surface area (Å²) in [4.78, 5) is 15.7.